The second-order valence-electron chi connectivity index (χ2n) is 10.2. The largest absolute Gasteiger partial charge is 0.467 e. The molecule has 5 aliphatic rings. The minimum Gasteiger partial charge on any atom is -0.467 e. The number of para-hydroxylation sites is 1. The number of ether oxygens (including phenoxy) is 1. The fourth-order valence-electron chi connectivity index (χ4n) is 6.19. The van der Waals surface area contributed by atoms with E-state index < -0.39 is 5.72 Å². The van der Waals surface area contributed by atoms with Gasteiger partial charge in [0.2, 0.25) is 5.91 Å². The van der Waals surface area contributed by atoms with Gasteiger partial charge in [-0.15, -0.1) is 0 Å². The van der Waals surface area contributed by atoms with Gasteiger partial charge in [-0.25, -0.2) is 0 Å². The molecule has 2 bridgehead atoms. The molecule has 0 aromatic heterocycles. The third-order valence-electron chi connectivity index (χ3n) is 8.14. The van der Waals surface area contributed by atoms with E-state index in [9.17, 15) is 9.59 Å². The minimum absolute atomic E-state index is 0.0259. The highest BCUT2D eigenvalue weighted by molar-refractivity contribution is 5.98. The van der Waals surface area contributed by atoms with Gasteiger partial charge in [0.25, 0.3) is 5.91 Å². The molecule has 2 N–H and O–H groups in total. The molecule has 31 heavy (non-hydrogen) atoms. The highest BCUT2D eigenvalue weighted by atomic mass is 16.5. The summed E-state index contributed by atoms with van der Waals surface area (Å²) in [6.45, 7) is 8.12. The molecule has 0 radical (unpaired) electrons. The molecule has 7 heteroatoms. The van der Waals surface area contributed by atoms with Gasteiger partial charge < -0.3 is 20.3 Å². The number of nitrogens with zero attached hydrogens (tertiary/aromatic N) is 2. The molecular formula is C24H34N4O3. The van der Waals surface area contributed by atoms with Crippen LogP contribution in [0, 0.1) is 17.3 Å². The number of likely N-dealkylation sites (N-methyl/N-ethyl adjacent to an activating group) is 1. The van der Waals surface area contributed by atoms with Crippen LogP contribution in [0.2, 0.25) is 0 Å². The molecule has 6 rings (SSSR count). The molecule has 2 aliphatic heterocycles. The number of piperazine rings is 1. The van der Waals surface area contributed by atoms with Crippen molar-refractivity contribution in [3.8, 4) is 5.75 Å². The molecule has 2 heterocycles. The van der Waals surface area contributed by atoms with E-state index in [-0.39, 0.29) is 29.1 Å². The van der Waals surface area contributed by atoms with Crippen LogP contribution in [0.15, 0.2) is 24.3 Å². The molecule has 1 aromatic carbocycles. The number of hydrogen-bond donors (Lipinski definition) is 2. The van der Waals surface area contributed by atoms with E-state index in [0.29, 0.717) is 24.3 Å². The normalized spacial score (nSPS) is 35.4. The highest BCUT2D eigenvalue weighted by Gasteiger charge is 2.61. The standard InChI is InChI=1S/C24H34N4O3/c1-23-8-7-17(24(16-23)26-21(29)18-5-3-4-6-20(18)31-24)15-19(23)22(30)25-9-10-28-13-11-27(2)12-14-28/h3-6,17,19H,7-16H2,1-2H3,(H,25,30)(H,26,29). The maximum absolute atomic E-state index is 13.2. The lowest BCUT2D eigenvalue weighted by Gasteiger charge is -2.59. The summed E-state index contributed by atoms with van der Waals surface area (Å²) in [5.74, 6) is 0.891. The first-order valence-corrected chi connectivity index (χ1v) is 11.7. The summed E-state index contributed by atoms with van der Waals surface area (Å²) >= 11 is 0. The first kappa shape index (κ1) is 20.8. The maximum Gasteiger partial charge on any atom is 0.258 e. The monoisotopic (exact) mass is 426 g/mol. The van der Waals surface area contributed by atoms with Gasteiger partial charge in [-0.3, -0.25) is 14.5 Å². The zero-order valence-corrected chi connectivity index (χ0v) is 18.7. The second kappa shape index (κ2) is 7.78. The Morgan fingerprint density at radius 3 is 2.81 bits per heavy atom. The molecule has 4 atom stereocenters. The molecule has 2 amide bonds. The van der Waals surface area contributed by atoms with E-state index in [2.05, 4.69) is 34.4 Å². The van der Waals surface area contributed by atoms with Crippen molar-refractivity contribution in [1.29, 1.82) is 0 Å². The SMILES string of the molecule is CN1CCN(CCNC(=O)C2CC3CCC2(C)CC32NC(=O)c3ccccc3O2)CC1. The van der Waals surface area contributed by atoms with Crippen molar-refractivity contribution in [2.45, 2.75) is 38.3 Å². The van der Waals surface area contributed by atoms with E-state index >= 15 is 0 Å². The van der Waals surface area contributed by atoms with Crippen LogP contribution in [-0.2, 0) is 4.79 Å². The molecule has 168 valence electrons. The first-order chi connectivity index (χ1) is 14.9. The number of carbonyl (C=O) groups is 2. The number of fused-ring (bicyclic) bond motifs is 3. The quantitative estimate of drug-likeness (QED) is 0.767. The van der Waals surface area contributed by atoms with Crippen LogP contribution in [0.1, 0.15) is 43.0 Å². The maximum atomic E-state index is 13.2. The average molecular weight is 427 g/mol. The van der Waals surface area contributed by atoms with Crippen molar-refractivity contribution in [1.82, 2.24) is 20.4 Å². The van der Waals surface area contributed by atoms with Gasteiger partial charge in [0.05, 0.1) is 5.56 Å². The highest BCUT2D eigenvalue weighted by Crippen LogP contribution is 2.58. The van der Waals surface area contributed by atoms with Gasteiger partial charge in [0.1, 0.15) is 5.75 Å². The van der Waals surface area contributed by atoms with Crippen molar-refractivity contribution in [2.24, 2.45) is 17.3 Å². The molecule has 3 saturated carbocycles. The Kier molecular flexibility index (Phi) is 5.21. The molecule has 1 saturated heterocycles. The number of nitrogens with one attached hydrogen (secondary N) is 2. The Bertz CT molecular complexity index is 868. The van der Waals surface area contributed by atoms with Crippen molar-refractivity contribution in [3.05, 3.63) is 29.8 Å². The molecule has 4 unspecified atom stereocenters. The summed E-state index contributed by atoms with van der Waals surface area (Å²) in [6, 6.07) is 7.45. The predicted octanol–water partition coefficient (Wildman–Crippen LogP) is 1.70. The number of amides is 2. The Labute approximate surface area is 184 Å². The summed E-state index contributed by atoms with van der Waals surface area (Å²) in [6.07, 6.45) is 3.42. The topological polar surface area (TPSA) is 73.9 Å². The fourth-order valence-corrected chi connectivity index (χ4v) is 6.19. The van der Waals surface area contributed by atoms with Crippen LogP contribution in [0.4, 0.5) is 0 Å². The van der Waals surface area contributed by atoms with Gasteiger partial charge in [-0.2, -0.15) is 0 Å². The lowest BCUT2D eigenvalue weighted by molar-refractivity contribution is -0.167. The summed E-state index contributed by atoms with van der Waals surface area (Å²) in [5, 5.41) is 6.40. The van der Waals surface area contributed by atoms with Crippen LogP contribution in [-0.4, -0.2) is 73.7 Å². The van der Waals surface area contributed by atoms with Gasteiger partial charge in [-0.05, 0) is 43.9 Å². The average Bonchev–Trinajstić information content (AvgIpc) is 2.74. The zero-order chi connectivity index (χ0) is 21.6. The van der Waals surface area contributed by atoms with E-state index in [1.807, 2.05) is 18.2 Å². The Morgan fingerprint density at radius 2 is 2.03 bits per heavy atom. The number of hydrogen-bond acceptors (Lipinski definition) is 5. The van der Waals surface area contributed by atoms with Gasteiger partial charge in [-0.1, -0.05) is 19.1 Å². The van der Waals surface area contributed by atoms with Gasteiger partial charge in [0.15, 0.2) is 5.72 Å². The second-order valence-corrected chi connectivity index (χ2v) is 10.2. The van der Waals surface area contributed by atoms with Gasteiger partial charge in [0, 0.05) is 57.5 Å². The Balaban J connectivity index is 1.23. The van der Waals surface area contributed by atoms with Crippen LogP contribution in [0.25, 0.3) is 0 Å². The van der Waals surface area contributed by atoms with Crippen LogP contribution < -0.4 is 15.4 Å². The summed E-state index contributed by atoms with van der Waals surface area (Å²) in [4.78, 5) is 30.7. The van der Waals surface area contributed by atoms with E-state index in [4.69, 9.17) is 4.74 Å². The number of carbonyl (C=O) groups excluding carboxylic acids is 2. The van der Waals surface area contributed by atoms with Crippen LogP contribution in [0.5, 0.6) is 5.75 Å². The minimum atomic E-state index is -0.685. The third kappa shape index (κ3) is 3.72. The summed E-state index contributed by atoms with van der Waals surface area (Å²) < 4.78 is 6.45. The van der Waals surface area contributed by atoms with Crippen molar-refractivity contribution < 1.29 is 14.3 Å². The van der Waals surface area contributed by atoms with Crippen molar-refractivity contribution in [2.75, 3.05) is 46.3 Å². The first-order valence-electron chi connectivity index (χ1n) is 11.7. The van der Waals surface area contributed by atoms with E-state index in [0.717, 1.165) is 52.0 Å². The van der Waals surface area contributed by atoms with E-state index in [1.54, 1.807) is 6.07 Å². The molecule has 7 nitrogen and oxygen atoms in total. The zero-order valence-electron chi connectivity index (χ0n) is 18.7. The molecule has 3 aliphatic carbocycles. The Morgan fingerprint density at radius 1 is 1.26 bits per heavy atom. The Hall–Kier alpha value is -2.12. The van der Waals surface area contributed by atoms with Crippen molar-refractivity contribution in [3.63, 3.8) is 0 Å². The summed E-state index contributed by atoms with van der Waals surface area (Å²) in [7, 11) is 2.15. The predicted molar refractivity (Wildman–Crippen MR) is 118 cm³/mol. The number of benzene rings is 1. The molecule has 1 spiro atoms. The molecule has 1 aromatic rings. The fraction of sp³-hybridized carbons (Fsp3) is 0.667. The van der Waals surface area contributed by atoms with Crippen LogP contribution in [0.3, 0.4) is 0 Å². The number of rotatable bonds is 4. The third-order valence-corrected chi connectivity index (χ3v) is 8.14. The van der Waals surface area contributed by atoms with Crippen molar-refractivity contribution >= 4 is 11.8 Å². The lowest BCUT2D eigenvalue weighted by Crippen LogP contribution is -2.69. The smallest absolute Gasteiger partial charge is 0.258 e. The van der Waals surface area contributed by atoms with E-state index in [1.165, 1.54) is 0 Å². The van der Waals surface area contributed by atoms with Crippen LogP contribution >= 0.6 is 0 Å². The lowest BCUT2D eigenvalue weighted by atomic mass is 9.52. The van der Waals surface area contributed by atoms with Gasteiger partial charge >= 0.3 is 0 Å². The molecule has 4 fully saturated rings. The summed E-state index contributed by atoms with van der Waals surface area (Å²) in [5.41, 5.74) is -0.265. The molecular weight excluding hydrogens is 392 g/mol.